The third kappa shape index (κ3) is 5.19. The zero-order chi connectivity index (χ0) is 15.1. The van der Waals surface area contributed by atoms with Crippen molar-refractivity contribution in [1.82, 2.24) is 5.32 Å². The fourth-order valence-electron chi connectivity index (χ4n) is 1.73. The highest BCUT2D eigenvalue weighted by molar-refractivity contribution is 6.34. The van der Waals surface area contributed by atoms with Gasteiger partial charge in [0.15, 0.2) is 0 Å². The van der Waals surface area contributed by atoms with Crippen LogP contribution >= 0.6 is 23.2 Å². The molecule has 6 heteroatoms. The van der Waals surface area contributed by atoms with Gasteiger partial charge in [0.1, 0.15) is 18.4 Å². The number of rotatable bonds is 8. The van der Waals surface area contributed by atoms with Gasteiger partial charge in [-0.2, -0.15) is 0 Å². The molecule has 0 saturated heterocycles. The molecule has 0 aliphatic heterocycles. The summed E-state index contributed by atoms with van der Waals surface area (Å²) in [7, 11) is 0. The summed E-state index contributed by atoms with van der Waals surface area (Å²) in [5.74, 6) is -0.293. The molecule has 0 fully saturated rings. The predicted molar refractivity (Wildman–Crippen MR) is 80.8 cm³/mol. The standard InChI is InChI=1S/C14H19Cl2NO3/c1-3-9(2)13(14(18)19)17-6-7-20-12-8-10(15)4-5-11(12)16/h4-5,8-9,13,17H,3,6-7H2,1-2H3,(H,18,19)/t9-,13-/m0/s1. The minimum atomic E-state index is -0.847. The topological polar surface area (TPSA) is 58.6 Å². The molecular weight excluding hydrogens is 301 g/mol. The zero-order valence-electron chi connectivity index (χ0n) is 11.5. The number of ether oxygens (including phenoxy) is 1. The molecule has 0 radical (unpaired) electrons. The van der Waals surface area contributed by atoms with Gasteiger partial charge in [-0.3, -0.25) is 4.79 Å². The van der Waals surface area contributed by atoms with Crippen molar-refractivity contribution >= 4 is 29.2 Å². The van der Waals surface area contributed by atoms with Gasteiger partial charge in [-0.05, 0) is 18.1 Å². The number of carboxylic acids is 1. The van der Waals surface area contributed by atoms with E-state index in [2.05, 4.69) is 5.32 Å². The fraction of sp³-hybridized carbons (Fsp3) is 0.500. The monoisotopic (exact) mass is 319 g/mol. The quantitative estimate of drug-likeness (QED) is 0.720. The Hall–Kier alpha value is -0.970. The molecule has 0 amide bonds. The summed E-state index contributed by atoms with van der Waals surface area (Å²) in [4.78, 5) is 11.1. The third-order valence-corrected chi connectivity index (χ3v) is 3.64. The molecule has 0 spiro atoms. The van der Waals surface area contributed by atoms with Crippen LogP contribution in [-0.2, 0) is 4.79 Å². The van der Waals surface area contributed by atoms with E-state index in [0.717, 1.165) is 6.42 Å². The molecule has 112 valence electrons. The number of nitrogens with one attached hydrogen (secondary N) is 1. The Balaban J connectivity index is 2.44. The number of hydrogen-bond donors (Lipinski definition) is 2. The summed E-state index contributed by atoms with van der Waals surface area (Å²) < 4.78 is 5.49. The molecule has 4 nitrogen and oxygen atoms in total. The van der Waals surface area contributed by atoms with Crippen LogP contribution in [0.5, 0.6) is 5.75 Å². The van der Waals surface area contributed by atoms with E-state index in [4.69, 9.17) is 33.0 Å². The Morgan fingerprint density at radius 2 is 2.15 bits per heavy atom. The molecule has 0 bridgehead atoms. The van der Waals surface area contributed by atoms with Gasteiger partial charge in [0.05, 0.1) is 5.02 Å². The van der Waals surface area contributed by atoms with Crippen LogP contribution in [-0.4, -0.2) is 30.3 Å². The van der Waals surface area contributed by atoms with Crippen molar-refractivity contribution in [2.75, 3.05) is 13.2 Å². The van der Waals surface area contributed by atoms with Crippen molar-refractivity contribution in [2.45, 2.75) is 26.3 Å². The lowest BCUT2D eigenvalue weighted by Gasteiger charge is -2.20. The largest absolute Gasteiger partial charge is 0.491 e. The molecule has 20 heavy (non-hydrogen) atoms. The van der Waals surface area contributed by atoms with E-state index in [0.29, 0.717) is 28.9 Å². The van der Waals surface area contributed by atoms with E-state index in [1.54, 1.807) is 18.2 Å². The second-order valence-electron chi connectivity index (χ2n) is 4.58. The van der Waals surface area contributed by atoms with Gasteiger partial charge in [-0.25, -0.2) is 0 Å². The summed E-state index contributed by atoms with van der Waals surface area (Å²) in [5.41, 5.74) is 0. The minimum absolute atomic E-state index is 0.0576. The van der Waals surface area contributed by atoms with Crippen LogP contribution in [0.3, 0.4) is 0 Å². The van der Waals surface area contributed by atoms with Gasteiger partial charge in [-0.1, -0.05) is 43.5 Å². The third-order valence-electron chi connectivity index (χ3n) is 3.10. The van der Waals surface area contributed by atoms with Gasteiger partial charge in [-0.15, -0.1) is 0 Å². The summed E-state index contributed by atoms with van der Waals surface area (Å²) >= 11 is 11.8. The van der Waals surface area contributed by atoms with E-state index in [-0.39, 0.29) is 5.92 Å². The molecule has 1 aromatic rings. The molecule has 0 aliphatic rings. The van der Waals surface area contributed by atoms with E-state index in [9.17, 15) is 4.79 Å². The van der Waals surface area contributed by atoms with E-state index >= 15 is 0 Å². The Morgan fingerprint density at radius 1 is 1.45 bits per heavy atom. The number of aliphatic carboxylic acids is 1. The van der Waals surface area contributed by atoms with Crippen LogP contribution in [0.1, 0.15) is 20.3 Å². The molecule has 0 aliphatic carbocycles. The maximum atomic E-state index is 11.1. The highest BCUT2D eigenvalue weighted by Crippen LogP contribution is 2.27. The van der Waals surface area contributed by atoms with Crippen molar-refractivity contribution in [2.24, 2.45) is 5.92 Å². The average Bonchev–Trinajstić information content (AvgIpc) is 2.41. The molecule has 0 unspecified atom stereocenters. The van der Waals surface area contributed by atoms with E-state index in [1.165, 1.54) is 0 Å². The van der Waals surface area contributed by atoms with Crippen molar-refractivity contribution in [1.29, 1.82) is 0 Å². The Morgan fingerprint density at radius 3 is 2.75 bits per heavy atom. The first-order valence-electron chi connectivity index (χ1n) is 6.49. The van der Waals surface area contributed by atoms with Crippen molar-refractivity contribution < 1.29 is 14.6 Å². The lowest BCUT2D eigenvalue weighted by atomic mass is 9.99. The van der Waals surface area contributed by atoms with Gasteiger partial charge < -0.3 is 15.2 Å². The highest BCUT2D eigenvalue weighted by Gasteiger charge is 2.22. The summed E-state index contributed by atoms with van der Waals surface area (Å²) in [6, 6.07) is 4.40. The molecule has 1 rings (SSSR count). The molecule has 0 heterocycles. The average molecular weight is 320 g/mol. The van der Waals surface area contributed by atoms with Crippen molar-refractivity contribution in [3.05, 3.63) is 28.2 Å². The first-order valence-corrected chi connectivity index (χ1v) is 7.25. The fourth-order valence-corrected chi connectivity index (χ4v) is 2.07. The molecule has 0 saturated carbocycles. The summed E-state index contributed by atoms with van der Waals surface area (Å²) in [5, 5.41) is 13.1. The molecule has 1 aromatic carbocycles. The maximum Gasteiger partial charge on any atom is 0.320 e. The molecule has 0 aromatic heterocycles. The van der Waals surface area contributed by atoms with Gasteiger partial charge >= 0.3 is 5.97 Å². The number of hydrogen-bond acceptors (Lipinski definition) is 3. The Labute approximate surface area is 129 Å². The van der Waals surface area contributed by atoms with Crippen LogP contribution < -0.4 is 10.1 Å². The lowest BCUT2D eigenvalue weighted by Crippen LogP contribution is -2.43. The summed E-state index contributed by atoms with van der Waals surface area (Å²) in [6.45, 7) is 4.61. The summed E-state index contributed by atoms with van der Waals surface area (Å²) in [6.07, 6.45) is 0.797. The lowest BCUT2D eigenvalue weighted by molar-refractivity contribution is -0.140. The Kier molecular flexibility index (Phi) is 7.13. The molecule has 2 N–H and O–H groups in total. The first kappa shape index (κ1) is 17.1. The normalized spacial score (nSPS) is 13.8. The number of carboxylic acid groups (broad SMARTS) is 1. The SMILES string of the molecule is CC[C@H](C)[C@H](NCCOc1cc(Cl)ccc1Cl)C(=O)O. The van der Waals surface area contributed by atoms with Gasteiger partial charge in [0.25, 0.3) is 0 Å². The second kappa shape index (κ2) is 8.35. The van der Waals surface area contributed by atoms with Gasteiger partial charge in [0.2, 0.25) is 0 Å². The van der Waals surface area contributed by atoms with E-state index in [1.807, 2.05) is 13.8 Å². The molecular formula is C14H19Cl2NO3. The highest BCUT2D eigenvalue weighted by atomic mass is 35.5. The number of halogens is 2. The van der Waals surface area contributed by atoms with Crippen LogP contribution in [0.25, 0.3) is 0 Å². The van der Waals surface area contributed by atoms with Crippen LogP contribution in [0.4, 0.5) is 0 Å². The van der Waals surface area contributed by atoms with E-state index < -0.39 is 12.0 Å². The number of benzene rings is 1. The zero-order valence-corrected chi connectivity index (χ0v) is 13.0. The smallest absolute Gasteiger partial charge is 0.320 e. The van der Waals surface area contributed by atoms with Crippen LogP contribution in [0, 0.1) is 5.92 Å². The maximum absolute atomic E-state index is 11.1. The predicted octanol–water partition coefficient (Wildman–Crippen LogP) is 3.46. The van der Waals surface area contributed by atoms with Crippen LogP contribution in [0.2, 0.25) is 10.0 Å². The first-order chi connectivity index (χ1) is 9.45. The minimum Gasteiger partial charge on any atom is -0.491 e. The number of carbonyl (C=O) groups is 1. The van der Waals surface area contributed by atoms with Crippen molar-refractivity contribution in [3.63, 3.8) is 0 Å². The Bertz CT molecular complexity index is 454. The van der Waals surface area contributed by atoms with Crippen LogP contribution in [0.15, 0.2) is 18.2 Å². The molecule has 2 atom stereocenters. The van der Waals surface area contributed by atoms with Crippen molar-refractivity contribution in [3.8, 4) is 5.75 Å². The second-order valence-corrected chi connectivity index (χ2v) is 5.42. The van der Waals surface area contributed by atoms with Gasteiger partial charge in [0, 0.05) is 17.6 Å².